The van der Waals surface area contributed by atoms with Crippen LogP contribution in [0.15, 0.2) is 12.1 Å². The molecular formula is C15H22N2O. The summed E-state index contributed by atoms with van der Waals surface area (Å²) < 4.78 is 0. The summed E-state index contributed by atoms with van der Waals surface area (Å²) in [6.45, 7) is 9.59. The Bertz CT molecular complexity index is 423. The van der Waals surface area contributed by atoms with E-state index in [1.807, 2.05) is 6.07 Å². The van der Waals surface area contributed by atoms with Crippen LogP contribution in [0, 0.1) is 13.8 Å². The summed E-state index contributed by atoms with van der Waals surface area (Å²) in [5, 5.41) is 3.35. The van der Waals surface area contributed by atoms with E-state index in [0.29, 0.717) is 0 Å². The van der Waals surface area contributed by atoms with Gasteiger partial charge in [-0.15, -0.1) is 0 Å². The van der Waals surface area contributed by atoms with E-state index in [2.05, 4.69) is 30.1 Å². The first-order valence-corrected chi connectivity index (χ1v) is 6.69. The number of nitrogens with zero attached hydrogens (tertiary/aromatic N) is 1. The van der Waals surface area contributed by atoms with Crippen molar-refractivity contribution < 1.29 is 4.79 Å². The predicted molar refractivity (Wildman–Crippen MR) is 74.3 cm³/mol. The van der Waals surface area contributed by atoms with Crippen LogP contribution in [-0.2, 0) is 6.42 Å². The van der Waals surface area contributed by atoms with Gasteiger partial charge in [0.2, 0.25) is 0 Å². The third-order valence-electron chi connectivity index (χ3n) is 3.79. The summed E-state index contributed by atoms with van der Waals surface area (Å²) >= 11 is 0. The first kappa shape index (κ1) is 13.2. The first-order valence-electron chi connectivity index (χ1n) is 6.69. The smallest absolute Gasteiger partial charge is 0.150 e. The van der Waals surface area contributed by atoms with Gasteiger partial charge in [0.05, 0.1) is 0 Å². The number of nitrogens with one attached hydrogen (secondary N) is 1. The van der Waals surface area contributed by atoms with Crippen LogP contribution >= 0.6 is 0 Å². The molecule has 0 bridgehead atoms. The highest BCUT2D eigenvalue weighted by Crippen LogP contribution is 2.15. The zero-order valence-corrected chi connectivity index (χ0v) is 11.3. The molecule has 1 aromatic carbocycles. The highest BCUT2D eigenvalue weighted by atomic mass is 16.1. The number of hydrogen-bond acceptors (Lipinski definition) is 3. The van der Waals surface area contributed by atoms with Gasteiger partial charge in [-0.2, -0.15) is 0 Å². The number of benzene rings is 1. The van der Waals surface area contributed by atoms with E-state index in [0.717, 1.165) is 51.0 Å². The largest absolute Gasteiger partial charge is 0.314 e. The number of aldehydes is 1. The second kappa shape index (κ2) is 6.12. The third kappa shape index (κ3) is 3.18. The quantitative estimate of drug-likeness (QED) is 0.818. The van der Waals surface area contributed by atoms with E-state index in [1.54, 1.807) is 0 Å². The molecule has 2 rings (SSSR count). The molecule has 0 unspecified atom stereocenters. The highest BCUT2D eigenvalue weighted by Gasteiger charge is 2.11. The van der Waals surface area contributed by atoms with Gasteiger partial charge in [0.1, 0.15) is 6.29 Å². The van der Waals surface area contributed by atoms with Crippen LogP contribution in [0.3, 0.4) is 0 Å². The lowest BCUT2D eigenvalue weighted by Gasteiger charge is -2.27. The number of carbonyl (C=O) groups excluding carboxylic acids is 1. The summed E-state index contributed by atoms with van der Waals surface area (Å²) in [5.41, 5.74) is 4.51. The standard InChI is InChI=1S/C15H22N2O/c1-12-9-14(15(11-18)10-13(12)2)3-6-17-7-4-16-5-8-17/h9-11,16H,3-8H2,1-2H3. The molecule has 0 aliphatic carbocycles. The van der Waals surface area contributed by atoms with Crippen molar-refractivity contribution in [2.24, 2.45) is 0 Å². The molecule has 1 heterocycles. The molecule has 0 aromatic heterocycles. The Hall–Kier alpha value is -1.19. The van der Waals surface area contributed by atoms with Crippen molar-refractivity contribution in [2.45, 2.75) is 20.3 Å². The fraction of sp³-hybridized carbons (Fsp3) is 0.533. The number of carbonyl (C=O) groups is 1. The lowest BCUT2D eigenvalue weighted by molar-refractivity contribution is 0.112. The maximum Gasteiger partial charge on any atom is 0.150 e. The maximum atomic E-state index is 11.1. The lowest BCUT2D eigenvalue weighted by Crippen LogP contribution is -2.44. The fourth-order valence-corrected chi connectivity index (χ4v) is 2.44. The lowest BCUT2D eigenvalue weighted by atomic mass is 9.98. The second-order valence-electron chi connectivity index (χ2n) is 5.09. The Kier molecular flexibility index (Phi) is 4.50. The highest BCUT2D eigenvalue weighted by molar-refractivity contribution is 5.78. The van der Waals surface area contributed by atoms with Gasteiger partial charge in [0.25, 0.3) is 0 Å². The van der Waals surface area contributed by atoms with Crippen molar-refractivity contribution in [3.05, 3.63) is 34.4 Å². The van der Waals surface area contributed by atoms with Crippen LogP contribution in [0.2, 0.25) is 0 Å². The van der Waals surface area contributed by atoms with Crippen LogP contribution in [0.5, 0.6) is 0 Å². The molecule has 18 heavy (non-hydrogen) atoms. The molecule has 3 heteroatoms. The summed E-state index contributed by atoms with van der Waals surface area (Å²) in [6, 6.07) is 4.18. The molecule has 0 saturated carbocycles. The molecule has 1 aromatic rings. The van der Waals surface area contributed by atoms with E-state index in [4.69, 9.17) is 0 Å². The molecule has 0 spiro atoms. The van der Waals surface area contributed by atoms with Gasteiger partial charge in [-0.3, -0.25) is 4.79 Å². The van der Waals surface area contributed by atoms with E-state index in [-0.39, 0.29) is 0 Å². The zero-order chi connectivity index (χ0) is 13.0. The average molecular weight is 246 g/mol. The molecule has 1 saturated heterocycles. The van der Waals surface area contributed by atoms with Crippen LogP contribution < -0.4 is 5.32 Å². The van der Waals surface area contributed by atoms with Gasteiger partial charge >= 0.3 is 0 Å². The Labute approximate surface area is 109 Å². The molecule has 1 fully saturated rings. The Morgan fingerprint density at radius 3 is 2.56 bits per heavy atom. The molecule has 0 amide bonds. The second-order valence-corrected chi connectivity index (χ2v) is 5.09. The molecule has 1 aliphatic rings. The zero-order valence-electron chi connectivity index (χ0n) is 11.3. The summed E-state index contributed by atoms with van der Waals surface area (Å²) in [5.74, 6) is 0. The number of aryl methyl sites for hydroxylation is 2. The van der Waals surface area contributed by atoms with Crippen molar-refractivity contribution in [3.63, 3.8) is 0 Å². The predicted octanol–water partition coefficient (Wildman–Crippen LogP) is 1.56. The normalized spacial score (nSPS) is 16.8. The van der Waals surface area contributed by atoms with Gasteiger partial charge in [-0.25, -0.2) is 0 Å². The third-order valence-corrected chi connectivity index (χ3v) is 3.79. The van der Waals surface area contributed by atoms with Crippen molar-refractivity contribution in [1.82, 2.24) is 10.2 Å². The van der Waals surface area contributed by atoms with Gasteiger partial charge in [-0.05, 0) is 43.0 Å². The maximum absolute atomic E-state index is 11.1. The molecule has 98 valence electrons. The molecule has 1 N–H and O–H groups in total. The molecule has 0 radical (unpaired) electrons. The minimum Gasteiger partial charge on any atom is -0.314 e. The van der Waals surface area contributed by atoms with Gasteiger partial charge in [-0.1, -0.05) is 6.07 Å². The minimum absolute atomic E-state index is 0.855. The molecule has 0 atom stereocenters. The topological polar surface area (TPSA) is 32.3 Å². The van der Waals surface area contributed by atoms with E-state index >= 15 is 0 Å². The summed E-state index contributed by atoms with van der Waals surface area (Å²) in [7, 11) is 0. The molecule has 3 nitrogen and oxygen atoms in total. The van der Waals surface area contributed by atoms with Crippen molar-refractivity contribution in [3.8, 4) is 0 Å². The molecule has 1 aliphatic heterocycles. The van der Waals surface area contributed by atoms with Crippen molar-refractivity contribution >= 4 is 6.29 Å². The van der Waals surface area contributed by atoms with Crippen LogP contribution in [0.25, 0.3) is 0 Å². The first-order chi connectivity index (χ1) is 8.70. The van der Waals surface area contributed by atoms with Crippen LogP contribution in [-0.4, -0.2) is 43.9 Å². The monoisotopic (exact) mass is 246 g/mol. The van der Waals surface area contributed by atoms with Gasteiger partial charge < -0.3 is 10.2 Å². The average Bonchev–Trinajstić information content (AvgIpc) is 2.41. The number of rotatable bonds is 4. The summed E-state index contributed by atoms with van der Waals surface area (Å²) in [4.78, 5) is 13.6. The molecular weight excluding hydrogens is 224 g/mol. The minimum atomic E-state index is 0.855. The van der Waals surface area contributed by atoms with Gasteiger partial charge in [0, 0.05) is 38.3 Å². The number of hydrogen-bond donors (Lipinski definition) is 1. The fourth-order valence-electron chi connectivity index (χ4n) is 2.44. The van der Waals surface area contributed by atoms with Crippen molar-refractivity contribution in [1.29, 1.82) is 0 Å². The van der Waals surface area contributed by atoms with Crippen LogP contribution in [0.1, 0.15) is 27.0 Å². The summed E-state index contributed by atoms with van der Waals surface area (Å²) in [6.07, 6.45) is 1.95. The Morgan fingerprint density at radius 2 is 1.89 bits per heavy atom. The van der Waals surface area contributed by atoms with Gasteiger partial charge in [0.15, 0.2) is 0 Å². The van der Waals surface area contributed by atoms with E-state index < -0.39 is 0 Å². The Balaban J connectivity index is 2.03. The van der Waals surface area contributed by atoms with E-state index in [1.165, 1.54) is 16.7 Å². The van der Waals surface area contributed by atoms with Crippen molar-refractivity contribution in [2.75, 3.05) is 32.7 Å². The SMILES string of the molecule is Cc1cc(C=O)c(CCN2CCNCC2)cc1C. The Morgan fingerprint density at radius 1 is 1.22 bits per heavy atom. The van der Waals surface area contributed by atoms with E-state index in [9.17, 15) is 4.79 Å². The van der Waals surface area contributed by atoms with Crippen LogP contribution in [0.4, 0.5) is 0 Å². The number of piperazine rings is 1.